The molecule has 1 saturated heterocycles. The number of hydrogen-bond donors (Lipinski definition) is 1. The second-order valence-corrected chi connectivity index (χ2v) is 8.91. The van der Waals surface area contributed by atoms with E-state index in [9.17, 15) is 23.3 Å². The van der Waals surface area contributed by atoms with Crippen molar-refractivity contribution in [3.05, 3.63) is 52.6 Å². The molecule has 166 valence electrons. The number of ether oxygens (including phenoxy) is 2. The maximum Gasteiger partial charge on any atom is 0.314 e. The van der Waals surface area contributed by atoms with E-state index in [1.807, 2.05) is 0 Å². The third-order valence-corrected chi connectivity index (χ3v) is 6.77. The predicted molar refractivity (Wildman–Crippen MR) is 113 cm³/mol. The van der Waals surface area contributed by atoms with Gasteiger partial charge in [-0.15, -0.1) is 0 Å². The Bertz CT molecular complexity index is 1060. The largest absolute Gasteiger partial charge is 0.496 e. The van der Waals surface area contributed by atoms with Crippen molar-refractivity contribution in [2.45, 2.75) is 30.8 Å². The Kier molecular flexibility index (Phi) is 6.76. The number of nitro groups is 1. The summed E-state index contributed by atoms with van der Waals surface area (Å²) >= 11 is 0. The topological polar surface area (TPSA) is 128 Å². The molecule has 1 atom stereocenters. The molecule has 0 aliphatic carbocycles. The fourth-order valence-electron chi connectivity index (χ4n) is 3.14. The van der Waals surface area contributed by atoms with Crippen LogP contribution in [0.15, 0.2) is 47.4 Å². The van der Waals surface area contributed by atoms with Crippen molar-refractivity contribution in [3.63, 3.8) is 0 Å². The van der Waals surface area contributed by atoms with Crippen LogP contribution in [-0.4, -0.2) is 49.9 Å². The number of carbonyl (C=O) groups is 1. The first-order valence-electron chi connectivity index (χ1n) is 9.62. The van der Waals surface area contributed by atoms with Gasteiger partial charge in [0.25, 0.3) is 5.91 Å². The van der Waals surface area contributed by atoms with E-state index in [-0.39, 0.29) is 16.3 Å². The summed E-state index contributed by atoms with van der Waals surface area (Å²) in [4.78, 5) is 23.2. The molecule has 3 rings (SSSR count). The number of carbonyl (C=O) groups excluding carboxylic acids is 1. The lowest BCUT2D eigenvalue weighted by atomic mass is 10.2. The molecular weight excluding hydrogens is 426 g/mol. The summed E-state index contributed by atoms with van der Waals surface area (Å²) in [7, 11) is -2.15. The molecule has 2 aromatic rings. The third kappa shape index (κ3) is 5.12. The number of anilines is 1. The van der Waals surface area contributed by atoms with Crippen molar-refractivity contribution in [1.82, 2.24) is 4.31 Å². The highest BCUT2D eigenvalue weighted by Gasteiger charge is 2.27. The van der Waals surface area contributed by atoms with Gasteiger partial charge < -0.3 is 14.8 Å². The van der Waals surface area contributed by atoms with Gasteiger partial charge in [0.2, 0.25) is 10.0 Å². The van der Waals surface area contributed by atoms with Gasteiger partial charge in [-0.3, -0.25) is 14.9 Å². The van der Waals surface area contributed by atoms with Gasteiger partial charge in [-0.25, -0.2) is 8.42 Å². The zero-order chi connectivity index (χ0) is 22.6. The molecule has 1 unspecified atom stereocenters. The fourth-order valence-corrected chi connectivity index (χ4v) is 4.66. The van der Waals surface area contributed by atoms with E-state index in [2.05, 4.69) is 5.32 Å². The number of methoxy groups -OCH3 is 1. The second-order valence-electron chi connectivity index (χ2n) is 6.98. The molecule has 0 bridgehead atoms. The summed E-state index contributed by atoms with van der Waals surface area (Å²) in [5, 5.41) is 13.9. The Labute approximate surface area is 180 Å². The van der Waals surface area contributed by atoms with Crippen molar-refractivity contribution in [1.29, 1.82) is 0 Å². The van der Waals surface area contributed by atoms with Gasteiger partial charge in [-0.05, 0) is 56.2 Å². The molecule has 0 aromatic heterocycles. The zero-order valence-corrected chi connectivity index (χ0v) is 17.9. The summed E-state index contributed by atoms with van der Waals surface area (Å²) in [6.07, 6.45) is 0.648. The molecule has 1 aliphatic heterocycles. The molecule has 1 heterocycles. The number of sulfonamides is 1. The Balaban J connectivity index is 1.67. The van der Waals surface area contributed by atoms with Gasteiger partial charge in [0, 0.05) is 18.8 Å². The number of nitrogens with one attached hydrogen (secondary N) is 1. The SMILES string of the molecule is COc1ccc(OC(C)C(=O)Nc2ccc(S(=O)(=O)N3CCCC3)cc2)c([N+](=O)[O-])c1. The van der Waals surface area contributed by atoms with E-state index >= 15 is 0 Å². The van der Waals surface area contributed by atoms with E-state index in [0.29, 0.717) is 24.5 Å². The minimum Gasteiger partial charge on any atom is -0.496 e. The average Bonchev–Trinajstić information content (AvgIpc) is 3.30. The van der Waals surface area contributed by atoms with E-state index in [0.717, 1.165) is 12.8 Å². The summed E-state index contributed by atoms with van der Waals surface area (Å²) < 4.78 is 37.0. The van der Waals surface area contributed by atoms with Gasteiger partial charge in [0.15, 0.2) is 11.9 Å². The predicted octanol–water partition coefficient (Wildman–Crippen LogP) is 2.79. The molecule has 31 heavy (non-hydrogen) atoms. The Morgan fingerprint density at radius 3 is 2.39 bits per heavy atom. The average molecular weight is 449 g/mol. The lowest BCUT2D eigenvalue weighted by molar-refractivity contribution is -0.386. The summed E-state index contributed by atoms with van der Waals surface area (Å²) in [6.45, 7) is 2.47. The van der Waals surface area contributed by atoms with Gasteiger partial charge >= 0.3 is 5.69 Å². The molecule has 1 amide bonds. The van der Waals surface area contributed by atoms with Crippen LogP contribution in [-0.2, 0) is 14.8 Å². The third-order valence-electron chi connectivity index (χ3n) is 4.86. The summed E-state index contributed by atoms with van der Waals surface area (Å²) in [6, 6.07) is 9.91. The highest BCUT2D eigenvalue weighted by atomic mass is 32.2. The Morgan fingerprint density at radius 1 is 1.16 bits per heavy atom. The van der Waals surface area contributed by atoms with Crippen molar-refractivity contribution in [2.75, 3.05) is 25.5 Å². The fraction of sp³-hybridized carbons (Fsp3) is 0.350. The maximum atomic E-state index is 12.6. The smallest absolute Gasteiger partial charge is 0.314 e. The first-order valence-corrected chi connectivity index (χ1v) is 11.1. The van der Waals surface area contributed by atoms with Gasteiger partial charge in [-0.2, -0.15) is 4.31 Å². The standard InChI is InChI=1S/C20H23N3O7S/c1-14(30-19-10-7-16(29-2)13-18(19)23(25)26)20(24)21-15-5-8-17(9-6-15)31(27,28)22-11-3-4-12-22/h5-10,13-14H,3-4,11-12H2,1-2H3,(H,21,24). The highest BCUT2D eigenvalue weighted by molar-refractivity contribution is 7.89. The monoisotopic (exact) mass is 449 g/mol. The van der Waals surface area contributed by atoms with Crippen LogP contribution in [0.25, 0.3) is 0 Å². The van der Waals surface area contributed by atoms with Crippen LogP contribution in [0.1, 0.15) is 19.8 Å². The number of rotatable bonds is 8. The quantitative estimate of drug-likeness (QED) is 0.485. The van der Waals surface area contributed by atoms with Gasteiger partial charge in [0.1, 0.15) is 5.75 Å². The van der Waals surface area contributed by atoms with Crippen LogP contribution in [0.3, 0.4) is 0 Å². The minimum absolute atomic E-state index is 0.0690. The Hall–Kier alpha value is -3.18. The molecule has 1 N–H and O–H groups in total. The first-order chi connectivity index (χ1) is 14.7. The lowest BCUT2D eigenvalue weighted by Gasteiger charge is -2.17. The molecule has 1 fully saturated rings. The van der Waals surface area contributed by atoms with Gasteiger partial charge in [0.05, 0.1) is 23.0 Å². The van der Waals surface area contributed by atoms with E-state index in [1.54, 1.807) is 0 Å². The van der Waals surface area contributed by atoms with Crippen molar-refractivity contribution in [2.24, 2.45) is 0 Å². The van der Waals surface area contributed by atoms with Crippen LogP contribution in [0.2, 0.25) is 0 Å². The highest BCUT2D eigenvalue weighted by Crippen LogP contribution is 2.32. The number of amides is 1. The molecular formula is C20H23N3O7S. The number of hydrogen-bond acceptors (Lipinski definition) is 7. The second kappa shape index (κ2) is 9.31. The number of nitro benzene ring substituents is 1. The van der Waals surface area contributed by atoms with Crippen LogP contribution >= 0.6 is 0 Å². The van der Waals surface area contributed by atoms with E-state index in [1.165, 1.54) is 60.8 Å². The molecule has 1 aliphatic rings. The van der Waals surface area contributed by atoms with Crippen LogP contribution in [0.4, 0.5) is 11.4 Å². The minimum atomic E-state index is -3.54. The molecule has 0 saturated carbocycles. The van der Waals surface area contributed by atoms with E-state index < -0.39 is 27.0 Å². The number of benzene rings is 2. The van der Waals surface area contributed by atoms with Gasteiger partial charge in [-0.1, -0.05) is 0 Å². The number of nitrogens with zero attached hydrogens (tertiary/aromatic N) is 2. The molecule has 0 radical (unpaired) electrons. The van der Waals surface area contributed by atoms with Crippen LogP contribution in [0, 0.1) is 10.1 Å². The van der Waals surface area contributed by atoms with Crippen molar-refractivity contribution in [3.8, 4) is 11.5 Å². The van der Waals surface area contributed by atoms with E-state index in [4.69, 9.17) is 9.47 Å². The molecule has 0 spiro atoms. The lowest BCUT2D eigenvalue weighted by Crippen LogP contribution is -2.30. The summed E-state index contributed by atoms with van der Waals surface area (Å²) in [5.74, 6) is -0.319. The first kappa shape index (κ1) is 22.5. The molecule has 11 heteroatoms. The zero-order valence-electron chi connectivity index (χ0n) is 17.1. The normalized spacial score (nSPS) is 15.3. The van der Waals surface area contributed by atoms with Crippen molar-refractivity contribution < 1.29 is 27.6 Å². The molecule has 10 nitrogen and oxygen atoms in total. The summed E-state index contributed by atoms with van der Waals surface area (Å²) in [5.41, 5.74) is 0.0560. The van der Waals surface area contributed by atoms with Crippen LogP contribution in [0.5, 0.6) is 11.5 Å². The Morgan fingerprint density at radius 2 is 1.81 bits per heavy atom. The maximum absolute atomic E-state index is 12.6. The molecule has 2 aromatic carbocycles. The van der Waals surface area contributed by atoms with Crippen LogP contribution < -0.4 is 14.8 Å². The van der Waals surface area contributed by atoms with Crippen molar-refractivity contribution >= 4 is 27.3 Å².